The average Bonchev–Trinajstić information content (AvgIpc) is 3.06. The number of sulfonamides is 1. The highest BCUT2D eigenvalue weighted by Crippen LogP contribution is 2.29. The number of nitrogens with one attached hydrogen (secondary N) is 1. The summed E-state index contributed by atoms with van der Waals surface area (Å²) in [7, 11) is -3.59. The van der Waals surface area contributed by atoms with Gasteiger partial charge >= 0.3 is 0 Å². The van der Waals surface area contributed by atoms with Crippen molar-refractivity contribution in [2.45, 2.75) is 37.4 Å². The van der Waals surface area contributed by atoms with Crippen molar-refractivity contribution in [3.63, 3.8) is 0 Å². The van der Waals surface area contributed by atoms with Crippen LogP contribution in [0.4, 0.5) is 5.69 Å². The molecule has 132 valence electrons. The van der Waals surface area contributed by atoms with Gasteiger partial charge in [-0.25, -0.2) is 13.1 Å². The molecule has 1 aromatic rings. The highest BCUT2D eigenvalue weighted by atomic mass is 32.2. The molecule has 0 aliphatic carbocycles. The van der Waals surface area contributed by atoms with Gasteiger partial charge < -0.3 is 14.4 Å². The van der Waals surface area contributed by atoms with Crippen molar-refractivity contribution in [2.24, 2.45) is 0 Å². The molecular weight excluding hydrogens is 332 g/mol. The molecule has 1 amide bonds. The van der Waals surface area contributed by atoms with E-state index in [1.54, 1.807) is 23.1 Å². The predicted octanol–water partition coefficient (Wildman–Crippen LogP) is 1.03. The first-order valence-corrected chi connectivity index (χ1v) is 9.59. The minimum atomic E-state index is -3.59. The van der Waals surface area contributed by atoms with E-state index in [9.17, 15) is 13.2 Å². The maximum atomic E-state index is 12.4. The number of aryl methyl sites for hydroxylation is 1. The number of fused-ring (bicyclic) bond motifs is 1. The second-order valence-corrected chi connectivity index (χ2v) is 7.69. The minimum absolute atomic E-state index is 0.0266. The van der Waals surface area contributed by atoms with E-state index >= 15 is 0 Å². The number of hydrogen-bond donors (Lipinski definition) is 1. The van der Waals surface area contributed by atoms with E-state index in [1.165, 1.54) is 6.92 Å². The van der Waals surface area contributed by atoms with Crippen LogP contribution in [0.1, 0.15) is 25.3 Å². The zero-order valence-electron chi connectivity index (χ0n) is 13.7. The van der Waals surface area contributed by atoms with E-state index in [-0.39, 0.29) is 23.6 Å². The maximum Gasteiger partial charge on any atom is 0.240 e. The van der Waals surface area contributed by atoms with Crippen molar-refractivity contribution in [1.29, 1.82) is 0 Å². The Hall–Kier alpha value is -1.48. The number of anilines is 1. The fourth-order valence-corrected chi connectivity index (χ4v) is 4.13. The Morgan fingerprint density at radius 3 is 2.79 bits per heavy atom. The van der Waals surface area contributed by atoms with Crippen LogP contribution in [0.25, 0.3) is 0 Å². The molecule has 3 rings (SSSR count). The van der Waals surface area contributed by atoms with Gasteiger partial charge in [-0.05, 0) is 36.6 Å². The van der Waals surface area contributed by atoms with Gasteiger partial charge in [-0.2, -0.15) is 0 Å². The lowest BCUT2D eigenvalue weighted by molar-refractivity contribution is -0.116. The van der Waals surface area contributed by atoms with Crippen molar-refractivity contribution < 1.29 is 22.7 Å². The molecule has 1 N–H and O–H groups in total. The van der Waals surface area contributed by atoms with Crippen LogP contribution in [0.5, 0.6) is 0 Å². The fraction of sp³-hybridized carbons (Fsp3) is 0.562. The van der Waals surface area contributed by atoms with Crippen molar-refractivity contribution in [2.75, 3.05) is 31.2 Å². The summed E-state index contributed by atoms with van der Waals surface area (Å²) >= 11 is 0. The lowest BCUT2D eigenvalue weighted by Crippen LogP contribution is -2.34. The molecule has 1 aromatic carbocycles. The molecule has 0 bridgehead atoms. The first-order valence-electron chi connectivity index (χ1n) is 8.11. The van der Waals surface area contributed by atoms with Crippen LogP contribution in [-0.4, -0.2) is 46.9 Å². The largest absolute Gasteiger partial charge is 0.350 e. The highest BCUT2D eigenvalue weighted by molar-refractivity contribution is 7.89. The lowest BCUT2D eigenvalue weighted by Gasteiger charge is -2.28. The molecule has 2 aliphatic rings. The van der Waals surface area contributed by atoms with Crippen molar-refractivity contribution in [3.8, 4) is 0 Å². The summed E-state index contributed by atoms with van der Waals surface area (Å²) < 4.78 is 38.0. The van der Waals surface area contributed by atoms with Gasteiger partial charge in [-0.15, -0.1) is 0 Å². The molecule has 0 unspecified atom stereocenters. The smallest absolute Gasteiger partial charge is 0.240 e. The molecule has 2 aliphatic heterocycles. The van der Waals surface area contributed by atoms with E-state index in [2.05, 4.69) is 4.72 Å². The van der Waals surface area contributed by atoms with Crippen LogP contribution in [0.3, 0.4) is 0 Å². The topological polar surface area (TPSA) is 84.9 Å². The Kier molecular flexibility index (Phi) is 5.19. The number of rotatable bonds is 5. The van der Waals surface area contributed by atoms with Crippen molar-refractivity contribution in [1.82, 2.24) is 4.72 Å². The van der Waals surface area contributed by atoms with Crippen LogP contribution in [0, 0.1) is 0 Å². The van der Waals surface area contributed by atoms with E-state index in [0.29, 0.717) is 26.2 Å². The minimum Gasteiger partial charge on any atom is -0.350 e. The summed E-state index contributed by atoms with van der Waals surface area (Å²) in [4.78, 5) is 13.6. The first-order chi connectivity index (χ1) is 11.5. The third-order valence-corrected chi connectivity index (χ3v) is 5.68. The first kappa shape index (κ1) is 17.3. The molecule has 1 fully saturated rings. The number of carbonyl (C=O) groups excluding carboxylic acids is 1. The molecular formula is C16H22N2O5S. The Balaban J connectivity index is 1.70. The van der Waals surface area contributed by atoms with Gasteiger partial charge in [0.25, 0.3) is 0 Å². The number of amides is 1. The monoisotopic (exact) mass is 354 g/mol. The van der Waals surface area contributed by atoms with Gasteiger partial charge in [-0.3, -0.25) is 4.79 Å². The fourth-order valence-electron chi connectivity index (χ4n) is 3.04. The van der Waals surface area contributed by atoms with E-state index in [4.69, 9.17) is 9.47 Å². The Labute approximate surface area is 142 Å². The quantitative estimate of drug-likeness (QED) is 0.854. The number of nitrogens with zero attached hydrogens (tertiary/aromatic N) is 1. The summed E-state index contributed by atoms with van der Waals surface area (Å²) in [6, 6.07) is 4.92. The van der Waals surface area contributed by atoms with Crippen LogP contribution < -0.4 is 9.62 Å². The second-order valence-electron chi connectivity index (χ2n) is 5.92. The molecule has 0 radical (unpaired) electrons. The number of ether oxygens (including phenoxy) is 2. The van der Waals surface area contributed by atoms with Crippen molar-refractivity contribution >= 4 is 21.6 Å². The number of carbonyl (C=O) groups is 1. The Morgan fingerprint density at radius 2 is 2.08 bits per heavy atom. The van der Waals surface area contributed by atoms with Crippen LogP contribution in [0.2, 0.25) is 0 Å². The average molecular weight is 354 g/mol. The summed E-state index contributed by atoms with van der Waals surface area (Å²) in [5.41, 5.74) is 1.70. The summed E-state index contributed by atoms with van der Waals surface area (Å²) in [5, 5.41) is 0. The lowest BCUT2D eigenvalue weighted by atomic mass is 10.0. The van der Waals surface area contributed by atoms with Gasteiger partial charge in [0.1, 0.15) is 0 Å². The third kappa shape index (κ3) is 3.77. The molecule has 0 atom stereocenters. The number of benzene rings is 1. The van der Waals surface area contributed by atoms with Gasteiger partial charge in [0.15, 0.2) is 6.29 Å². The predicted molar refractivity (Wildman–Crippen MR) is 88.3 cm³/mol. The Bertz CT molecular complexity index is 713. The normalized spacial score (nSPS) is 18.6. The van der Waals surface area contributed by atoms with Crippen LogP contribution in [0.15, 0.2) is 23.1 Å². The van der Waals surface area contributed by atoms with Gasteiger partial charge in [0.05, 0.1) is 18.1 Å². The standard InChI is InChI=1S/C16H22N2O5S/c1-12(19)18-8-2-3-13-11-14(4-5-15(13)18)24(20,21)17-7-6-16-22-9-10-23-16/h4-5,11,16-17H,2-3,6-10H2,1H3. The molecule has 0 aromatic heterocycles. The highest BCUT2D eigenvalue weighted by Gasteiger charge is 2.23. The van der Waals surface area contributed by atoms with Gasteiger partial charge in [0.2, 0.25) is 15.9 Å². The van der Waals surface area contributed by atoms with Crippen LogP contribution in [-0.2, 0) is 30.7 Å². The summed E-state index contributed by atoms with van der Waals surface area (Å²) in [5.74, 6) is -0.0266. The zero-order chi connectivity index (χ0) is 17.2. The third-order valence-electron chi connectivity index (χ3n) is 4.22. The summed E-state index contributed by atoms with van der Waals surface area (Å²) in [6.45, 7) is 3.55. The van der Waals surface area contributed by atoms with Gasteiger partial charge in [0, 0.05) is 32.1 Å². The molecule has 8 heteroatoms. The SMILES string of the molecule is CC(=O)N1CCCc2cc(S(=O)(=O)NCCC3OCCO3)ccc21. The molecule has 24 heavy (non-hydrogen) atoms. The molecule has 2 heterocycles. The number of hydrogen-bond acceptors (Lipinski definition) is 5. The zero-order valence-corrected chi connectivity index (χ0v) is 14.5. The molecule has 1 saturated heterocycles. The molecule has 0 saturated carbocycles. The van der Waals surface area contributed by atoms with E-state index < -0.39 is 10.0 Å². The van der Waals surface area contributed by atoms with Gasteiger partial charge in [-0.1, -0.05) is 0 Å². The van der Waals surface area contributed by atoms with E-state index in [0.717, 1.165) is 24.1 Å². The Morgan fingerprint density at radius 1 is 1.33 bits per heavy atom. The molecule has 7 nitrogen and oxygen atoms in total. The second kappa shape index (κ2) is 7.18. The van der Waals surface area contributed by atoms with Crippen LogP contribution >= 0.6 is 0 Å². The van der Waals surface area contributed by atoms with Crippen molar-refractivity contribution in [3.05, 3.63) is 23.8 Å². The molecule has 0 spiro atoms. The summed E-state index contributed by atoms with van der Waals surface area (Å²) in [6.07, 6.45) is 1.74. The van der Waals surface area contributed by atoms with E-state index in [1.807, 2.05) is 0 Å². The maximum absolute atomic E-state index is 12.4.